The highest BCUT2D eigenvalue weighted by molar-refractivity contribution is 6.05. The summed E-state index contributed by atoms with van der Waals surface area (Å²) in [7, 11) is 0. The number of anilines is 1. The lowest BCUT2D eigenvalue weighted by Crippen LogP contribution is -2.43. The van der Waals surface area contributed by atoms with Gasteiger partial charge in [0, 0.05) is 17.7 Å². The normalized spacial score (nSPS) is 17.2. The van der Waals surface area contributed by atoms with E-state index in [4.69, 9.17) is 5.73 Å². The van der Waals surface area contributed by atoms with Crippen LogP contribution in [0.25, 0.3) is 0 Å². The van der Waals surface area contributed by atoms with E-state index in [1.807, 2.05) is 0 Å². The number of non-ortho nitro benzene ring substituents is 1. The van der Waals surface area contributed by atoms with Crippen molar-refractivity contribution in [1.82, 2.24) is 25.9 Å². The molecule has 0 bridgehead atoms. The van der Waals surface area contributed by atoms with E-state index in [2.05, 4.69) is 41.2 Å². The minimum atomic E-state index is -0.712. The second-order valence-corrected chi connectivity index (χ2v) is 4.20. The maximum absolute atomic E-state index is 10.8. The molecule has 5 N–H and O–H groups in total. The van der Waals surface area contributed by atoms with Gasteiger partial charge in [-0.15, -0.1) is 5.10 Å². The lowest BCUT2D eigenvalue weighted by Gasteiger charge is -2.18. The molecule has 112 valence electrons. The summed E-state index contributed by atoms with van der Waals surface area (Å²) >= 11 is 0. The van der Waals surface area contributed by atoms with Crippen molar-refractivity contribution >= 4 is 23.6 Å². The number of rotatable bonds is 3. The van der Waals surface area contributed by atoms with Crippen LogP contribution in [0.1, 0.15) is 11.7 Å². The number of benzene rings is 1. The van der Waals surface area contributed by atoms with Crippen molar-refractivity contribution in [3.63, 3.8) is 0 Å². The van der Waals surface area contributed by atoms with Crippen molar-refractivity contribution in [3.05, 3.63) is 39.9 Å². The quantitative estimate of drug-likeness (QED) is 0.433. The van der Waals surface area contributed by atoms with E-state index in [1.165, 1.54) is 12.1 Å². The van der Waals surface area contributed by atoms with E-state index in [9.17, 15) is 10.1 Å². The zero-order valence-electron chi connectivity index (χ0n) is 11.0. The van der Waals surface area contributed by atoms with Gasteiger partial charge in [0.25, 0.3) is 11.6 Å². The van der Waals surface area contributed by atoms with Crippen molar-refractivity contribution in [3.8, 4) is 0 Å². The number of tetrazole rings is 1. The molecule has 1 atom stereocenters. The molecule has 0 spiro atoms. The third-order valence-corrected chi connectivity index (χ3v) is 2.71. The average molecular weight is 302 g/mol. The van der Waals surface area contributed by atoms with Gasteiger partial charge in [-0.05, 0) is 5.21 Å². The molecule has 2 aromatic rings. The molecule has 3 rings (SSSR count). The Balaban J connectivity index is 1.88. The number of hydrogen-bond donors (Lipinski definition) is 4. The Morgan fingerprint density at radius 2 is 2.23 bits per heavy atom. The summed E-state index contributed by atoms with van der Waals surface area (Å²) in [5.74, 6) is 0.557. The first-order chi connectivity index (χ1) is 10.6. The minimum Gasteiger partial charge on any atom is -0.370 e. The molecule has 22 heavy (non-hydrogen) atoms. The molecular weight excluding hydrogens is 292 g/mol. The Kier molecular flexibility index (Phi) is 3.31. The number of nitro benzene ring substituents is 1. The number of aliphatic imine (C=N–C) groups is 2. The monoisotopic (exact) mass is 302 g/mol. The van der Waals surface area contributed by atoms with Crippen LogP contribution >= 0.6 is 0 Å². The molecule has 0 radical (unpaired) electrons. The second kappa shape index (κ2) is 5.43. The van der Waals surface area contributed by atoms with Crippen LogP contribution in [0.5, 0.6) is 0 Å². The SMILES string of the molecule is NC1=NC(c2cccc([N+](=O)[O-])c2)N=C(Nc2nn[nH]n2)N1. The van der Waals surface area contributed by atoms with E-state index in [0.717, 1.165) is 0 Å². The minimum absolute atomic E-state index is 0.0484. The van der Waals surface area contributed by atoms with Gasteiger partial charge in [0.05, 0.1) is 4.92 Å². The number of nitrogens with two attached hydrogens (primary N) is 1. The molecule has 0 amide bonds. The van der Waals surface area contributed by atoms with E-state index in [1.54, 1.807) is 12.1 Å². The van der Waals surface area contributed by atoms with Crippen molar-refractivity contribution < 1.29 is 4.92 Å². The summed E-state index contributed by atoms with van der Waals surface area (Å²) in [6.45, 7) is 0. The molecule has 1 aliphatic rings. The summed E-state index contributed by atoms with van der Waals surface area (Å²) in [6.07, 6.45) is -0.712. The number of aromatic amines is 1. The van der Waals surface area contributed by atoms with Crippen molar-refractivity contribution in [2.45, 2.75) is 6.17 Å². The van der Waals surface area contributed by atoms with Crippen molar-refractivity contribution in [1.29, 1.82) is 0 Å². The van der Waals surface area contributed by atoms with Crippen LogP contribution < -0.4 is 16.4 Å². The molecule has 12 nitrogen and oxygen atoms in total. The topological polar surface area (TPSA) is 172 Å². The Hall–Kier alpha value is -3.57. The largest absolute Gasteiger partial charge is 0.370 e. The Labute approximate surface area is 122 Å². The average Bonchev–Trinajstić information content (AvgIpc) is 2.99. The highest BCUT2D eigenvalue weighted by atomic mass is 16.6. The zero-order chi connectivity index (χ0) is 15.5. The Morgan fingerprint density at radius 3 is 2.95 bits per heavy atom. The van der Waals surface area contributed by atoms with Crippen LogP contribution in [0.3, 0.4) is 0 Å². The van der Waals surface area contributed by atoms with E-state index >= 15 is 0 Å². The maximum Gasteiger partial charge on any atom is 0.269 e. The standard InChI is InChI=1S/C10H10N10O2/c11-8-12-7(5-2-1-3-6(4-5)20(21)22)13-9(14-8)15-10-16-18-19-17-10/h1-4,7H,(H5,11,12,13,14,15,16,17,18,19). The molecule has 0 saturated carbocycles. The molecule has 2 heterocycles. The molecule has 0 aliphatic carbocycles. The molecular formula is C10H10N10O2. The maximum atomic E-state index is 10.8. The van der Waals surface area contributed by atoms with Crippen LogP contribution in [0.2, 0.25) is 0 Å². The third kappa shape index (κ3) is 2.79. The van der Waals surface area contributed by atoms with Crippen LogP contribution in [0.15, 0.2) is 34.3 Å². The summed E-state index contributed by atoms with van der Waals surface area (Å²) in [5.41, 5.74) is 6.18. The first kappa shape index (κ1) is 13.4. The zero-order valence-corrected chi connectivity index (χ0v) is 11.0. The Morgan fingerprint density at radius 1 is 1.36 bits per heavy atom. The van der Waals surface area contributed by atoms with E-state index in [-0.39, 0.29) is 23.6 Å². The number of aromatic nitrogens is 4. The van der Waals surface area contributed by atoms with Crippen LogP contribution in [0, 0.1) is 10.1 Å². The number of guanidine groups is 2. The lowest BCUT2D eigenvalue weighted by molar-refractivity contribution is -0.384. The first-order valence-electron chi connectivity index (χ1n) is 6.05. The molecule has 1 aromatic heterocycles. The molecule has 1 unspecified atom stereocenters. The fourth-order valence-corrected chi connectivity index (χ4v) is 1.80. The number of hydrogen-bond acceptors (Lipinski definition) is 10. The molecule has 1 aromatic carbocycles. The van der Waals surface area contributed by atoms with Gasteiger partial charge in [-0.2, -0.15) is 5.21 Å². The van der Waals surface area contributed by atoms with Crippen molar-refractivity contribution in [2.75, 3.05) is 5.32 Å². The summed E-state index contributed by atoms with van der Waals surface area (Å²) in [6, 6.07) is 6.01. The molecule has 0 saturated heterocycles. The van der Waals surface area contributed by atoms with Gasteiger partial charge in [0.15, 0.2) is 12.1 Å². The molecule has 1 aliphatic heterocycles. The number of nitrogens with zero attached hydrogens (tertiary/aromatic N) is 6. The summed E-state index contributed by atoms with van der Waals surface area (Å²) in [5, 5.41) is 29.4. The smallest absolute Gasteiger partial charge is 0.269 e. The second-order valence-electron chi connectivity index (χ2n) is 4.20. The first-order valence-corrected chi connectivity index (χ1v) is 6.05. The van der Waals surface area contributed by atoms with Gasteiger partial charge < -0.3 is 5.73 Å². The Bertz CT molecular complexity index is 753. The van der Waals surface area contributed by atoms with E-state index in [0.29, 0.717) is 5.56 Å². The van der Waals surface area contributed by atoms with Gasteiger partial charge in [0.1, 0.15) is 0 Å². The van der Waals surface area contributed by atoms with Gasteiger partial charge in [-0.3, -0.25) is 20.7 Å². The summed E-state index contributed by atoms with van der Waals surface area (Å²) in [4.78, 5) is 18.7. The number of nitro groups is 1. The number of H-pyrrole nitrogens is 1. The van der Waals surface area contributed by atoms with Gasteiger partial charge in [0.2, 0.25) is 5.96 Å². The fraction of sp³-hybridized carbons (Fsp3) is 0.100. The van der Waals surface area contributed by atoms with E-state index < -0.39 is 11.1 Å². The molecule has 0 fully saturated rings. The fourth-order valence-electron chi connectivity index (χ4n) is 1.80. The van der Waals surface area contributed by atoms with Gasteiger partial charge in [-0.1, -0.05) is 17.2 Å². The van der Waals surface area contributed by atoms with Crippen LogP contribution in [0.4, 0.5) is 11.6 Å². The lowest BCUT2D eigenvalue weighted by atomic mass is 10.1. The summed E-state index contributed by atoms with van der Waals surface area (Å²) < 4.78 is 0. The molecule has 12 heteroatoms. The predicted molar refractivity (Wildman–Crippen MR) is 75.8 cm³/mol. The van der Waals surface area contributed by atoms with Crippen LogP contribution in [-0.2, 0) is 0 Å². The highest BCUT2D eigenvalue weighted by Gasteiger charge is 2.19. The highest BCUT2D eigenvalue weighted by Crippen LogP contribution is 2.24. The number of nitrogens with one attached hydrogen (secondary N) is 3. The van der Waals surface area contributed by atoms with Gasteiger partial charge >= 0.3 is 0 Å². The third-order valence-electron chi connectivity index (χ3n) is 2.71. The van der Waals surface area contributed by atoms with Crippen LogP contribution in [-0.4, -0.2) is 37.5 Å². The predicted octanol–water partition coefficient (Wildman–Crippen LogP) is -0.508. The van der Waals surface area contributed by atoms with Crippen molar-refractivity contribution in [2.24, 2.45) is 15.7 Å². The van der Waals surface area contributed by atoms with Gasteiger partial charge in [-0.25, -0.2) is 9.98 Å².